The zero-order chi connectivity index (χ0) is 20.3. The molecular weight excluding hydrogens is 364 g/mol. The molecule has 1 saturated heterocycles. The van der Waals surface area contributed by atoms with Crippen LogP contribution in [0.25, 0.3) is 0 Å². The summed E-state index contributed by atoms with van der Waals surface area (Å²) in [5.74, 6) is 1.39. The van der Waals surface area contributed by atoms with Gasteiger partial charge in [-0.15, -0.1) is 0 Å². The third-order valence-corrected chi connectivity index (χ3v) is 6.23. The van der Waals surface area contributed by atoms with Crippen LogP contribution < -0.4 is 10.1 Å². The van der Waals surface area contributed by atoms with Gasteiger partial charge in [0.2, 0.25) is 0 Å². The van der Waals surface area contributed by atoms with Crippen molar-refractivity contribution in [3.63, 3.8) is 0 Å². The second-order valence-electron chi connectivity index (χ2n) is 8.41. The molecule has 1 amide bonds. The van der Waals surface area contributed by atoms with E-state index in [1.807, 2.05) is 31.2 Å². The number of rotatable bonds is 9. The van der Waals surface area contributed by atoms with E-state index >= 15 is 0 Å². The molecule has 29 heavy (non-hydrogen) atoms. The Morgan fingerprint density at radius 3 is 2.45 bits per heavy atom. The van der Waals surface area contributed by atoms with E-state index in [4.69, 9.17) is 9.47 Å². The Morgan fingerprint density at radius 2 is 1.72 bits per heavy atom. The predicted molar refractivity (Wildman–Crippen MR) is 117 cm³/mol. The Morgan fingerprint density at radius 1 is 1.00 bits per heavy atom. The van der Waals surface area contributed by atoms with Crippen LogP contribution >= 0.6 is 0 Å². The van der Waals surface area contributed by atoms with Gasteiger partial charge in [-0.2, -0.15) is 0 Å². The molecule has 1 N–H and O–H groups in total. The molecule has 1 aromatic rings. The van der Waals surface area contributed by atoms with E-state index < -0.39 is 0 Å². The van der Waals surface area contributed by atoms with Crippen LogP contribution in [0.5, 0.6) is 5.75 Å². The van der Waals surface area contributed by atoms with Gasteiger partial charge in [-0.1, -0.05) is 25.7 Å². The highest BCUT2D eigenvalue weighted by Gasteiger charge is 2.28. The number of nitrogens with one attached hydrogen (secondary N) is 1. The molecule has 1 aliphatic carbocycles. The first-order valence-corrected chi connectivity index (χ1v) is 11.6. The molecule has 0 spiro atoms. The number of amides is 1. The Hall–Kier alpha value is -1.59. The maximum atomic E-state index is 12.8. The third-order valence-electron chi connectivity index (χ3n) is 6.23. The first kappa shape index (κ1) is 22.1. The molecule has 1 saturated carbocycles. The zero-order valence-electron chi connectivity index (χ0n) is 18.0. The highest BCUT2D eigenvalue weighted by molar-refractivity contribution is 5.94. The van der Waals surface area contributed by atoms with Crippen LogP contribution in [0.3, 0.4) is 0 Å². The molecule has 3 rings (SSSR count). The van der Waals surface area contributed by atoms with Crippen molar-refractivity contribution in [1.29, 1.82) is 0 Å². The van der Waals surface area contributed by atoms with Crippen molar-refractivity contribution in [1.82, 2.24) is 10.2 Å². The summed E-state index contributed by atoms with van der Waals surface area (Å²) in [5.41, 5.74) is 0.709. The first-order chi connectivity index (χ1) is 14.3. The van der Waals surface area contributed by atoms with E-state index in [0.29, 0.717) is 37.3 Å². The number of ether oxygens (including phenoxy) is 2. The standard InChI is InChI=1S/C24H38N2O3/c1-2-28-17-18-29-22-13-11-20(12-14-22)24(27)25-23-10-6-5-9-21(23)19-26-15-7-3-4-8-16-26/h11-14,21,23H,2-10,15-19H2,1H3,(H,25,27)/t21-,23?/m0/s1. The monoisotopic (exact) mass is 402 g/mol. The van der Waals surface area contributed by atoms with E-state index in [-0.39, 0.29) is 5.91 Å². The summed E-state index contributed by atoms with van der Waals surface area (Å²) in [6, 6.07) is 7.75. The van der Waals surface area contributed by atoms with Gasteiger partial charge in [-0.3, -0.25) is 4.79 Å². The van der Waals surface area contributed by atoms with Gasteiger partial charge in [0, 0.05) is 24.8 Å². The van der Waals surface area contributed by atoms with Crippen LogP contribution in [0.15, 0.2) is 24.3 Å². The lowest BCUT2D eigenvalue weighted by Crippen LogP contribution is -2.46. The second-order valence-corrected chi connectivity index (χ2v) is 8.41. The molecule has 5 nitrogen and oxygen atoms in total. The summed E-state index contributed by atoms with van der Waals surface area (Å²) in [4.78, 5) is 15.5. The summed E-state index contributed by atoms with van der Waals surface area (Å²) < 4.78 is 10.9. The summed E-state index contributed by atoms with van der Waals surface area (Å²) in [6.45, 7) is 7.36. The van der Waals surface area contributed by atoms with Gasteiger partial charge in [0.25, 0.3) is 5.91 Å². The number of hydrogen-bond acceptors (Lipinski definition) is 4. The van der Waals surface area contributed by atoms with Gasteiger partial charge in [-0.05, 0) is 75.9 Å². The van der Waals surface area contributed by atoms with E-state index in [1.165, 1.54) is 58.0 Å². The highest BCUT2D eigenvalue weighted by atomic mass is 16.5. The third kappa shape index (κ3) is 7.31. The van der Waals surface area contributed by atoms with Crippen molar-refractivity contribution in [2.75, 3.05) is 39.5 Å². The lowest BCUT2D eigenvalue weighted by Gasteiger charge is -2.35. The maximum absolute atomic E-state index is 12.8. The van der Waals surface area contributed by atoms with Crippen molar-refractivity contribution >= 4 is 5.91 Å². The number of nitrogens with zero attached hydrogens (tertiary/aromatic N) is 1. The maximum Gasteiger partial charge on any atom is 0.251 e. The number of likely N-dealkylation sites (tertiary alicyclic amines) is 1. The van der Waals surface area contributed by atoms with E-state index in [2.05, 4.69) is 10.2 Å². The smallest absolute Gasteiger partial charge is 0.251 e. The van der Waals surface area contributed by atoms with Crippen molar-refractivity contribution < 1.29 is 14.3 Å². The lowest BCUT2D eigenvalue weighted by atomic mass is 9.84. The van der Waals surface area contributed by atoms with Crippen molar-refractivity contribution in [3.8, 4) is 5.75 Å². The minimum atomic E-state index is 0.0404. The molecule has 1 aliphatic heterocycles. The molecule has 162 valence electrons. The minimum absolute atomic E-state index is 0.0404. The van der Waals surface area contributed by atoms with Gasteiger partial charge >= 0.3 is 0 Å². The van der Waals surface area contributed by atoms with Gasteiger partial charge in [0.1, 0.15) is 12.4 Å². The normalized spacial score (nSPS) is 23.3. The minimum Gasteiger partial charge on any atom is -0.491 e. The van der Waals surface area contributed by atoms with Gasteiger partial charge < -0.3 is 19.7 Å². The van der Waals surface area contributed by atoms with Crippen LogP contribution in [0.1, 0.15) is 68.6 Å². The zero-order valence-corrected chi connectivity index (χ0v) is 18.0. The summed E-state index contributed by atoms with van der Waals surface area (Å²) in [6.07, 6.45) is 10.2. The van der Waals surface area contributed by atoms with Gasteiger partial charge in [-0.25, -0.2) is 0 Å². The largest absolute Gasteiger partial charge is 0.491 e. The number of carbonyl (C=O) groups excluding carboxylic acids is 1. The molecule has 2 fully saturated rings. The summed E-state index contributed by atoms with van der Waals surface area (Å²) in [5, 5.41) is 3.34. The van der Waals surface area contributed by atoms with E-state index in [9.17, 15) is 4.79 Å². The molecule has 0 bridgehead atoms. The van der Waals surface area contributed by atoms with Crippen LogP contribution in [0, 0.1) is 5.92 Å². The average Bonchev–Trinajstić information content (AvgIpc) is 3.02. The molecule has 1 heterocycles. The van der Waals surface area contributed by atoms with Crippen LogP contribution in [-0.4, -0.2) is 56.3 Å². The molecular formula is C24H38N2O3. The summed E-state index contributed by atoms with van der Waals surface area (Å²) in [7, 11) is 0. The Bertz CT molecular complexity index is 597. The fourth-order valence-electron chi connectivity index (χ4n) is 4.58. The van der Waals surface area contributed by atoms with Crippen molar-refractivity contribution in [3.05, 3.63) is 29.8 Å². The van der Waals surface area contributed by atoms with Crippen molar-refractivity contribution in [2.24, 2.45) is 5.92 Å². The Balaban J connectivity index is 1.50. The fraction of sp³-hybridized carbons (Fsp3) is 0.708. The quantitative estimate of drug-likeness (QED) is 0.627. The molecule has 0 aromatic heterocycles. The molecule has 1 unspecified atom stereocenters. The van der Waals surface area contributed by atoms with Crippen LogP contribution in [0.4, 0.5) is 0 Å². The van der Waals surface area contributed by atoms with Crippen LogP contribution in [-0.2, 0) is 4.74 Å². The molecule has 2 aliphatic rings. The SMILES string of the molecule is CCOCCOc1ccc(C(=O)NC2CCCC[C@H]2CN2CCCCCC2)cc1. The number of hydrogen-bond donors (Lipinski definition) is 1. The molecule has 0 radical (unpaired) electrons. The van der Waals surface area contributed by atoms with E-state index in [0.717, 1.165) is 18.7 Å². The first-order valence-electron chi connectivity index (χ1n) is 11.6. The molecule has 1 aromatic carbocycles. The Kier molecular flexibility index (Phi) is 9.29. The van der Waals surface area contributed by atoms with Gasteiger partial charge in [0.05, 0.1) is 6.61 Å². The van der Waals surface area contributed by atoms with Gasteiger partial charge in [0.15, 0.2) is 0 Å². The number of benzene rings is 1. The van der Waals surface area contributed by atoms with Crippen molar-refractivity contribution in [2.45, 2.75) is 64.3 Å². The predicted octanol–water partition coefficient (Wildman–Crippen LogP) is 4.27. The highest BCUT2D eigenvalue weighted by Crippen LogP contribution is 2.27. The topological polar surface area (TPSA) is 50.8 Å². The average molecular weight is 403 g/mol. The summed E-state index contributed by atoms with van der Waals surface area (Å²) >= 11 is 0. The van der Waals surface area contributed by atoms with Crippen LogP contribution in [0.2, 0.25) is 0 Å². The lowest BCUT2D eigenvalue weighted by molar-refractivity contribution is 0.0885. The van der Waals surface area contributed by atoms with E-state index in [1.54, 1.807) is 0 Å². The number of carbonyl (C=O) groups is 1. The molecule has 5 heteroatoms. The fourth-order valence-corrected chi connectivity index (χ4v) is 4.58. The molecule has 2 atom stereocenters. The second kappa shape index (κ2) is 12.2. The Labute approximate surface area is 176 Å².